The van der Waals surface area contributed by atoms with Gasteiger partial charge in [0.2, 0.25) is 0 Å². The van der Waals surface area contributed by atoms with Gasteiger partial charge in [-0.15, -0.1) is 11.3 Å². The molecule has 7 heteroatoms. The first-order valence-electron chi connectivity index (χ1n) is 12.7. The van der Waals surface area contributed by atoms with Crippen molar-refractivity contribution in [1.82, 2.24) is 4.98 Å². The largest absolute Gasteiger partial charge is 0.457 e. The smallest absolute Gasteiger partial charge is 0.309 e. The number of aliphatic hydroxyl groups excluding tert-OH is 2. The van der Waals surface area contributed by atoms with Gasteiger partial charge in [0, 0.05) is 17.7 Å². The Balaban J connectivity index is 1.89. The molecule has 0 aromatic carbocycles. The highest BCUT2D eigenvalue weighted by Gasteiger charge is 2.47. The SMILES string of the molecule is CC1=CC[C@@H](C(C)=Cc2csc(C)n2)OC(=O)C[C@H](O)C(C)(C)C(=O)[C@H](C)[C@@H](O)[C@@H](C)[C@@H]2C[C@H]2C1. The van der Waals surface area contributed by atoms with Gasteiger partial charge in [-0.3, -0.25) is 9.59 Å². The van der Waals surface area contributed by atoms with E-state index in [0.717, 1.165) is 29.1 Å². The Morgan fingerprint density at radius 2 is 1.89 bits per heavy atom. The summed E-state index contributed by atoms with van der Waals surface area (Å²) in [6, 6.07) is 0. The quantitative estimate of drug-likeness (QED) is 0.429. The van der Waals surface area contributed by atoms with Gasteiger partial charge in [-0.05, 0) is 63.0 Å². The molecule has 0 saturated heterocycles. The predicted molar refractivity (Wildman–Crippen MR) is 139 cm³/mol. The van der Waals surface area contributed by atoms with Crippen LogP contribution in [-0.2, 0) is 14.3 Å². The number of aliphatic hydroxyl groups is 2. The zero-order chi connectivity index (χ0) is 26.1. The molecular weight excluding hydrogens is 462 g/mol. The summed E-state index contributed by atoms with van der Waals surface area (Å²) in [6.45, 7) is 13.0. The van der Waals surface area contributed by atoms with E-state index in [1.54, 1.807) is 32.1 Å². The summed E-state index contributed by atoms with van der Waals surface area (Å²) in [5.74, 6) is -0.544. The zero-order valence-corrected chi connectivity index (χ0v) is 22.9. The Labute approximate surface area is 213 Å². The minimum Gasteiger partial charge on any atom is -0.457 e. The van der Waals surface area contributed by atoms with Crippen molar-refractivity contribution in [3.8, 4) is 0 Å². The van der Waals surface area contributed by atoms with Gasteiger partial charge < -0.3 is 14.9 Å². The molecule has 0 spiro atoms. The summed E-state index contributed by atoms with van der Waals surface area (Å²) in [5, 5.41) is 24.8. The number of hydrogen-bond donors (Lipinski definition) is 2. The maximum absolute atomic E-state index is 13.3. The number of ketones is 1. The van der Waals surface area contributed by atoms with E-state index in [1.807, 2.05) is 32.2 Å². The molecule has 1 aromatic rings. The summed E-state index contributed by atoms with van der Waals surface area (Å²) in [6.07, 6.45) is 3.83. The molecule has 194 valence electrons. The second-order valence-corrected chi connectivity index (χ2v) is 12.3. The van der Waals surface area contributed by atoms with Crippen LogP contribution in [0.1, 0.15) is 77.9 Å². The maximum Gasteiger partial charge on any atom is 0.309 e. The topological polar surface area (TPSA) is 96.7 Å². The molecular formula is C28H41NO5S. The van der Waals surface area contributed by atoms with E-state index in [0.29, 0.717) is 18.3 Å². The summed E-state index contributed by atoms with van der Waals surface area (Å²) >= 11 is 1.57. The first kappa shape index (κ1) is 27.8. The van der Waals surface area contributed by atoms with E-state index in [2.05, 4.69) is 18.0 Å². The summed E-state index contributed by atoms with van der Waals surface area (Å²) < 4.78 is 5.84. The Kier molecular flexibility index (Phi) is 8.77. The number of thiazole rings is 1. The van der Waals surface area contributed by atoms with Crippen molar-refractivity contribution in [2.24, 2.45) is 29.1 Å². The first-order chi connectivity index (χ1) is 16.3. The van der Waals surface area contributed by atoms with Crippen LogP contribution in [0.2, 0.25) is 0 Å². The highest BCUT2D eigenvalue weighted by Crippen LogP contribution is 2.50. The van der Waals surface area contributed by atoms with Gasteiger partial charge in [0.05, 0.1) is 34.7 Å². The van der Waals surface area contributed by atoms with Gasteiger partial charge in [0.25, 0.3) is 0 Å². The Bertz CT molecular complexity index is 993. The van der Waals surface area contributed by atoms with Crippen molar-refractivity contribution in [2.75, 3.05) is 0 Å². The highest BCUT2D eigenvalue weighted by molar-refractivity contribution is 7.09. The van der Waals surface area contributed by atoms with Crippen molar-refractivity contribution < 1.29 is 24.5 Å². The van der Waals surface area contributed by atoms with E-state index in [9.17, 15) is 19.8 Å². The third kappa shape index (κ3) is 6.69. The number of hydrogen-bond acceptors (Lipinski definition) is 7. The maximum atomic E-state index is 13.3. The van der Waals surface area contributed by atoms with Crippen molar-refractivity contribution in [3.05, 3.63) is 33.3 Å². The molecule has 1 aliphatic carbocycles. The molecule has 2 N–H and O–H groups in total. The summed E-state index contributed by atoms with van der Waals surface area (Å²) in [4.78, 5) is 30.7. The molecule has 6 nitrogen and oxygen atoms in total. The van der Waals surface area contributed by atoms with Crippen LogP contribution in [0.5, 0.6) is 0 Å². The highest BCUT2D eigenvalue weighted by atomic mass is 32.1. The Morgan fingerprint density at radius 1 is 1.20 bits per heavy atom. The van der Waals surface area contributed by atoms with Crippen LogP contribution < -0.4 is 0 Å². The van der Waals surface area contributed by atoms with Crippen molar-refractivity contribution in [3.63, 3.8) is 0 Å². The minimum absolute atomic E-state index is 0.00272. The first-order valence-corrected chi connectivity index (χ1v) is 13.5. The molecule has 1 aromatic heterocycles. The molecule has 2 heterocycles. The van der Waals surface area contributed by atoms with Crippen molar-refractivity contribution in [1.29, 1.82) is 0 Å². The lowest BCUT2D eigenvalue weighted by Gasteiger charge is -2.34. The second kappa shape index (κ2) is 11.1. The molecule has 0 radical (unpaired) electrons. The average Bonchev–Trinajstić information content (AvgIpc) is 3.43. The zero-order valence-electron chi connectivity index (χ0n) is 22.1. The van der Waals surface area contributed by atoms with Gasteiger partial charge in [-0.2, -0.15) is 0 Å². The van der Waals surface area contributed by atoms with E-state index in [1.165, 1.54) is 5.57 Å². The van der Waals surface area contributed by atoms with Crippen LogP contribution in [0.4, 0.5) is 0 Å². The lowest BCUT2D eigenvalue weighted by Crippen LogP contribution is -2.46. The standard InChI is InChI=1S/C28H41NO5S/c1-15-8-9-23(16(2)11-21-14-35-19(5)29-21)34-25(31)13-24(30)28(6,7)27(33)18(4)26(32)17(3)22-12-20(22)10-15/h8,11,14,17-18,20,22-24,26,30,32H,9-10,12-13H2,1-7H3/t17-,18+,20+,22-,23-,24-,26-/m0/s1. The van der Waals surface area contributed by atoms with Crippen LogP contribution in [0.3, 0.4) is 0 Å². The predicted octanol–water partition coefficient (Wildman–Crippen LogP) is 5.12. The molecule has 1 aliphatic heterocycles. The van der Waals surface area contributed by atoms with Gasteiger partial charge in [0.15, 0.2) is 0 Å². The number of aromatic nitrogens is 1. The number of ether oxygens (including phenoxy) is 1. The van der Waals surface area contributed by atoms with E-state index in [-0.39, 0.29) is 18.1 Å². The van der Waals surface area contributed by atoms with Crippen LogP contribution in [-0.4, -0.2) is 45.3 Å². The Morgan fingerprint density at radius 3 is 2.51 bits per heavy atom. The van der Waals surface area contributed by atoms with E-state index < -0.39 is 35.6 Å². The fraction of sp³-hybridized carbons (Fsp3) is 0.679. The van der Waals surface area contributed by atoms with Crippen molar-refractivity contribution in [2.45, 2.75) is 92.5 Å². The Hall–Kier alpha value is -1.83. The van der Waals surface area contributed by atoms with Gasteiger partial charge in [0.1, 0.15) is 11.9 Å². The molecule has 3 rings (SSSR count). The molecule has 7 atom stereocenters. The second-order valence-electron chi connectivity index (χ2n) is 11.3. The molecule has 0 amide bonds. The number of allylic oxidation sites excluding steroid dienone is 1. The van der Waals surface area contributed by atoms with Crippen LogP contribution >= 0.6 is 11.3 Å². The number of rotatable bonds is 2. The molecule has 0 unspecified atom stereocenters. The number of fused-ring (bicyclic) bond motifs is 1. The fourth-order valence-corrected chi connectivity index (χ4v) is 5.86. The number of aryl methyl sites for hydroxylation is 1. The number of carbonyl (C=O) groups is 2. The lowest BCUT2D eigenvalue weighted by atomic mass is 9.72. The number of esters is 1. The number of carbonyl (C=O) groups excluding carboxylic acids is 2. The fourth-order valence-electron chi connectivity index (χ4n) is 5.29. The molecule has 2 aliphatic rings. The third-order valence-corrected chi connectivity index (χ3v) is 8.80. The van der Waals surface area contributed by atoms with E-state index >= 15 is 0 Å². The van der Waals surface area contributed by atoms with Crippen molar-refractivity contribution >= 4 is 29.2 Å². The summed E-state index contributed by atoms with van der Waals surface area (Å²) in [5.41, 5.74) is 1.76. The number of Topliss-reactive ketones (excluding diaryl/α,β-unsaturated/α-hetero) is 1. The van der Waals surface area contributed by atoms with Gasteiger partial charge >= 0.3 is 5.97 Å². The molecule has 1 fully saturated rings. The minimum atomic E-state index is -1.21. The number of cyclic esters (lactones) is 1. The van der Waals surface area contributed by atoms with Gasteiger partial charge in [-0.25, -0.2) is 4.98 Å². The third-order valence-electron chi connectivity index (χ3n) is 8.00. The van der Waals surface area contributed by atoms with Crippen LogP contribution in [0.15, 0.2) is 22.6 Å². The normalized spacial score (nSPS) is 35.2. The molecule has 35 heavy (non-hydrogen) atoms. The molecule has 0 bridgehead atoms. The van der Waals surface area contributed by atoms with Gasteiger partial charge in [-0.1, -0.05) is 39.3 Å². The molecule has 1 saturated carbocycles. The summed E-state index contributed by atoms with van der Waals surface area (Å²) in [7, 11) is 0. The monoisotopic (exact) mass is 503 g/mol. The van der Waals surface area contributed by atoms with Crippen LogP contribution in [0, 0.1) is 36.0 Å². The van der Waals surface area contributed by atoms with Crippen LogP contribution in [0.25, 0.3) is 6.08 Å². The average molecular weight is 504 g/mol. The lowest BCUT2D eigenvalue weighted by molar-refractivity contribution is -0.154. The van der Waals surface area contributed by atoms with E-state index in [4.69, 9.17) is 4.74 Å². The number of nitrogens with zero attached hydrogens (tertiary/aromatic N) is 1.